The van der Waals surface area contributed by atoms with Gasteiger partial charge in [0.15, 0.2) is 5.78 Å². The minimum atomic E-state index is -4.37. The van der Waals surface area contributed by atoms with E-state index in [-0.39, 0.29) is 17.8 Å². The Labute approximate surface area is 120 Å². The van der Waals surface area contributed by atoms with Crippen LogP contribution in [0.3, 0.4) is 0 Å². The van der Waals surface area contributed by atoms with Crippen molar-refractivity contribution < 1.29 is 18.0 Å². The Kier molecular flexibility index (Phi) is 4.10. The van der Waals surface area contributed by atoms with Gasteiger partial charge in [0.2, 0.25) is 0 Å². The zero-order valence-electron chi connectivity index (χ0n) is 9.50. The van der Waals surface area contributed by atoms with Gasteiger partial charge in [0.25, 0.3) is 0 Å². The molecule has 0 aliphatic rings. The van der Waals surface area contributed by atoms with Crippen LogP contribution in [0, 0.1) is 0 Å². The number of Topliss-reactive ketones (excluding diaryl/α,β-unsaturated/α-hetero) is 1. The highest BCUT2D eigenvalue weighted by molar-refractivity contribution is 9.11. The molecule has 0 unspecified atom stereocenters. The number of rotatable bonds is 3. The molecule has 19 heavy (non-hydrogen) atoms. The molecule has 0 saturated carbocycles. The number of carbonyl (C=O) groups excluding carboxylic acids is 1. The number of thiophene rings is 1. The zero-order valence-corrected chi connectivity index (χ0v) is 11.9. The maximum atomic E-state index is 12.4. The Morgan fingerprint density at radius 1 is 1.11 bits per heavy atom. The lowest BCUT2D eigenvalue weighted by molar-refractivity contribution is -0.137. The first-order chi connectivity index (χ1) is 8.86. The van der Waals surface area contributed by atoms with Gasteiger partial charge >= 0.3 is 6.18 Å². The van der Waals surface area contributed by atoms with E-state index in [2.05, 4.69) is 15.9 Å². The summed E-state index contributed by atoms with van der Waals surface area (Å²) in [6.45, 7) is 0. The molecule has 0 amide bonds. The molecular formula is C13H8BrF3OS. The van der Waals surface area contributed by atoms with E-state index in [0.29, 0.717) is 0 Å². The standard InChI is InChI=1S/C13H8BrF3OS/c14-12-6-5-10(19-12)7-11(18)8-1-3-9(4-2-8)13(15,16)17/h1-6H,7H2. The topological polar surface area (TPSA) is 17.1 Å². The molecule has 0 fully saturated rings. The van der Waals surface area contributed by atoms with E-state index >= 15 is 0 Å². The molecule has 0 saturated heterocycles. The number of benzene rings is 1. The van der Waals surface area contributed by atoms with Gasteiger partial charge in [-0.3, -0.25) is 4.79 Å². The van der Waals surface area contributed by atoms with E-state index in [1.54, 1.807) is 0 Å². The first-order valence-corrected chi connectivity index (χ1v) is 6.92. The van der Waals surface area contributed by atoms with Gasteiger partial charge in [-0.05, 0) is 40.2 Å². The fourth-order valence-corrected chi connectivity index (χ4v) is 3.03. The monoisotopic (exact) mass is 348 g/mol. The van der Waals surface area contributed by atoms with E-state index in [1.807, 2.05) is 12.1 Å². The second kappa shape index (κ2) is 5.46. The number of alkyl halides is 3. The van der Waals surface area contributed by atoms with Crippen LogP contribution in [0.15, 0.2) is 40.2 Å². The molecule has 0 bridgehead atoms. The van der Waals surface area contributed by atoms with Crippen LogP contribution in [-0.2, 0) is 12.6 Å². The normalized spacial score (nSPS) is 11.6. The fourth-order valence-electron chi connectivity index (χ4n) is 1.55. The Bertz CT molecular complexity index is 587. The molecule has 0 spiro atoms. The first kappa shape index (κ1) is 14.3. The lowest BCUT2D eigenvalue weighted by Crippen LogP contribution is -2.07. The molecule has 2 rings (SSSR count). The van der Waals surface area contributed by atoms with E-state index in [4.69, 9.17) is 0 Å². The maximum absolute atomic E-state index is 12.4. The van der Waals surface area contributed by atoms with E-state index in [1.165, 1.54) is 23.5 Å². The summed E-state index contributed by atoms with van der Waals surface area (Å²) in [6, 6.07) is 7.94. The maximum Gasteiger partial charge on any atom is 0.416 e. The molecule has 2 aromatic rings. The summed E-state index contributed by atoms with van der Waals surface area (Å²) in [5.41, 5.74) is -0.458. The number of halogens is 4. The zero-order chi connectivity index (χ0) is 14.0. The molecule has 0 aliphatic carbocycles. The Morgan fingerprint density at radius 3 is 2.21 bits per heavy atom. The van der Waals surface area contributed by atoms with Gasteiger partial charge in [0.05, 0.1) is 9.35 Å². The molecular weight excluding hydrogens is 341 g/mol. The van der Waals surface area contributed by atoms with E-state index < -0.39 is 11.7 Å². The van der Waals surface area contributed by atoms with Crippen LogP contribution in [0.2, 0.25) is 0 Å². The van der Waals surface area contributed by atoms with Crippen LogP contribution in [0.4, 0.5) is 13.2 Å². The SMILES string of the molecule is O=C(Cc1ccc(Br)s1)c1ccc(C(F)(F)F)cc1. The largest absolute Gasteiger partial charge is 0.416 e. The summed E-state index contributed by atoms with van der Waals surface area (Å²) in [6.07, 6.45) is -4.18. The average Bonchev–Trinajstić information content (AvgIpc) is 2.74. The molecule has 0 radical (unpaired) electrons. The predicted octanol–water partition coefficient (Wildman–Crippen LogP) is 4.95. The second-order valence-corrected chi connectivity index (χ2v) is 6.43. The highest BCUT2D eigenvalue weighted by Gasteiger charge is 2.30. The quantitative estimate of drug-likeness (QED) is 0.717. The summed E-state index contributed by atoms with van der Waals surface area (Å²) in [5, 5.41) is 0. The van der Waals surface area contributed by atoms with Crippen molar-refractivity contribution in [3.8, 4) is 0 Å². The van der Waals surface area contributed by atoms with Gasteiger partial charge in [-0.15, -0.1) is 11.3 Å². The number of carbonyl (C=O) groups is 1. The smallest absolute Gasteiger partial charge is 0.294 e. The molecule has 1 aromatic heterocycles. The fraction of sp³-hybridized carbons (Fsp3) is 0.154. The van der Waals surface area contributed by atoms with Crippen molar-refractivity contribution in [1.29, 1.82) is 0 Å². The molecule has 1 heterocycles. The third kappa shape index (κ3) is 3.67. The lowest BCUT2D eigenvalue weighted by Gasteiger charge is -2.06. The van der Waals surface area contributed by atoms with Gasteiger partial charge < -0.3 is 0 Å². The van der Waals surface area contributed by atoms with Crippen LogP contribution in [0.25, 0.3) is 0 Å². The van der Waals surface area contributed by atoms with E-state index in [9.17, 15) is 18.0 Å². The van der Waals surface area contributed by atoms with Crippen molar-refractivity contribution in [3.63, 3.8) is 0 Å². The minimum absolute atomic E-state index is 0.192. The molecule has 1 aromatic carbocycles. The van der Waals surface area contributed by atoms with Crippen LogP contribution < -0.4 is 0 Å². The Hall–Kier alpha value is -1.14. The highest BCUT2D eigenvalue weighted by atomic mass is 79.9. The van der Waals surface area contributed by atoms with Crippen molar-refractivity contribution in [2.24, 2.45) is 0 Å². The molecule has 1 nitrogen and oxygen atoms in total. The molecule has 0 atom stereocenters. The van der Waals surface area contributed by atoms with Crippen molar-refractivity contribution in [2.45, 2.75) is 12.6 Å². The summed E-state index contributed by atoms with van der Waals surface area (Å²) in [7, 11) is 0. The second-order valence-electron chi connectivity index (χ2n) is 3.88. The van der Waals surface area contributed by atoms with Gasteiger partial charge in [-0.2, -0.15) is 13.2 Å². The number of hydrogen-bond donors (Lipinski definition) is 0. The predicted molar refractivity (Wildman–Crippen MR) is 71.5 cm³/mol. The summed E-state index contributed by atoms with van der Waals surface area (Å²) >= 11 is 4.73. The van der Waals surface area contributed by atoms with Crippen LogP contribution in [0.1, 0.15) is 20.8 Å². The van der Waals surface area contributed by atoms with Crippen molar-refractivity contribution in [2.75, 3.05) is 0 Å². The Morgan fingerprint density at radius 2 is 1.74 bits per heavy atom. The third-order valence-corrected chi connectivity index (χ3v) is 4.12. The molecule has 6 heteroatoms. The van der Waals surface area contributed by atoms with Crippen molar-refractivity contribution in [3.05, 3.63) is 56.2 Å². The van der Waals surface area contributed by atoms with Crippen molar-refractivity contribution >= 4 is 33.0 Å². The highest BCUT2D eigenvalue weighted by Crippen LogP contribution is 2.29. The van der Waals surface area contributed by atoms with Gasteiger partial charge in [0.1, 0.15) is 0 Å². The molecule has 0 aliphatic heterocycles. The van der Waals surface area contributed by atoms with Gasteiger partial charge in [-0.25, -0.2) is 0 Å². The number of hydrogen-bond acceptors (Lipinski definition) is 2. The van der Waals surface area contributed by atoms with Crippen LogP contribution in [-0.4, -0.2) is 5.78 Å². The number of ketones is 1. The van der Waals surface area contributed by atoms with Crippen LogP contribution in [0.5, 0.6) is 0 Å². The third-order valence-electron chi connectivity index (χ3n) is 2.50. The lowest BCUT2D eigenvalue weighted by atomic mass is 10.1. The summed E-state index contributed by atoms with van der Waals surface area (Å²) < 4.78 is 38.1. The first-order valence-electron chi connectivity index (χ1n) is 5.31. The van der Waals surface area contributed by atoms with Crippen molar-refractivity contribution in [1.82, 2.24) is 0 Å². The molecule has 0 N–H and O–H groups in total. The minimum Gasteiger partial charge on any atom is -0.294 e. The summed E-state index contributed by atoms with van der Waals surface area (Å²) in [4.78, 5) is 12.8. The Balaban J connectivity index is 2.12. The van der Waals surface area contributed by atoms with Crippen LogP contribution >= 0.6 is 27.3 Å². The molecule has 100 valence electrons. The summed E-state index contributed by atoms with van der Waals surface area (Å²) in [5.74, 6) is -0.192. The average molecular weight is 349 g/mol. The van der Waals surface area contributed by atoms with Gasteiger partial charge in [0, 0.05) is 16.9 Å². The van der Waals surface area contributed by atoms with Gasteiger partial charge in [-0.1, -0.05) is 12.1 Å². The van der Waals surface area contributed by atoms with E-state index in [0.717, 1.165) is 20.8 Å².